The Morgan fingerprint density at radius 3 is 2.38 bits per heavy atom. The number of aromatic nitrogens is 3. The molecular weight excluding hydrogens is 312 g/mol. The molecule has 0 aliphatic rings. The molecule has 0 saturated heterocycles. The second kappa shape index (κ2) is 6.66. The Morgan fingerprint density at radius 1 is 1.14 bits per heavy atom. The van der Waals surface area contributed by atoms with Crippen LogP contribution in [0.2, 0.25) is 0 Å². The topological polar surface area (TPSA) is 66.0 Å². The van der Waals surface area contributed by atoms with Crippen LogP contribution in [0.1, 0.15) is 0 Å². The van der Waals surface area contributed by atoms with Crippen LogP contribution in [0.25, 0.3) is 11.4 Å². The van der Waals surface area contributed by atoms with Crippen molar-refractivity contribution in [1.82, 2.24) is 14.9 Å². The van der Waals surface area contributed by atoms with Crippen molar-refractivity contribution in [2.45, 2.75) is 18.2 Å². The van der Waals surface area contributed by atoms with Gasteiger partial charge >= 0.3 is 6.61 Å². The molecule has 1 aromatic carbocycles. The van der Waals surface area contributed by atoms with E-state index >= 15 is 0 Å². The Balaban J connectivity index is 2.14. The fourth-order valence-corrected chi connectivity index (χ4v) is 2.09. The average molecular weight is 322 g/mol. The fraction of sp³-hybridized carbons (Fsp3) is 0.273. The first-order valence-corrected chi connectivity index (χ1v) is 6.62. The van der Waals surface area contributed by atoms with E-state index in [0.29, 0.717) is 5.56 Å². The van der Waals surface area contributed by atoms with Crippen molar-refractivity contribution in [3.8, 4) is 17.1 Å². The van der Waals surface area contributed by atoms with E-state index in [1.165, 1.54) is 24.3 Å². The number of hydrogen-bond acceptors (Lipinski definition) is 5. The average Bonchev–Trinajstić information content (AvgIpc) is 2.78. The number of nitrogens with zero attached hydrogens (tertiary/aromatic N) is 3. The highest BCUT2D eigenvalue weighted by molar-refractivity contribution is 7.99. The number of alkyl halides is 4. The second-order valence-electron chi connectivity index (χ2n) is 3.78. The van der Waals surface area contributed by atoms with Crippen LogP contribution >= 0.6 is 11.8 Å². The maximum Gasteiger partial charge on any atom is 0.387 e. The van der Waals surface area contributed by atoms with E-state index in [1.807, 2.05) is 0 Å². The van der Waals surface area contributed by atoms with E-state index in [0.717, 1.165) is 16.4 Å². The highest BCUT2D eigenvalue weighted by Gasteiger charge is 2.14. The zero-order chi connectivity index (χ0) is 15.4. The Bertz CT molecular complexity index is 590. The van der Waals surface area contributed by atoms with Gasteiger partial charge in [0.1, 0.15) is 5.75 Å². The third-order valence-electron chi connectivity index (χ3n) is 2.34. The standard InChI is InChI=1S/C11H10F4N4OS/c12-8(13)5-21-11-18-17-9(19(11)16)6-1-3-7(4-2-6)20-10(14)15/h1-4,8,10H,5,16H2. The first-order valence-electron chi connectivity index (χ1n) is 5.64. The van der Waals surface area contributed by atoms with Crippen molar-refractivity contribution in [3.05, 3.63) is 24.3 Å². The number of thioether (sulfide) groups is 1. The molecule has 0 aliphatic heterocycles. The third-order valence-corrected chi connectivity index (χ3v) is 3.30. The molecule has 10 heteroatoms. The molecule has 0 spiro atoms. The summed E-state index contributed by atoms with van der Waals surface area (Å²) in [4.78, 5) is 0. The van der Waals surface area contributed by atoms with Gasteiger partial charge in [-0.15, -0.1) is 10.2 Å². The minimum Gasteiger partial charge on any atom is -0.435 e. The van der Waals surface area contributed by atoms with E-state index < -0.39 is 18.8 Å². The van der Waals surface area contributed by atoms with Crippen molar-refractivity contribution in [1.29, 1.82) is 0 Å². The molecule has 0 aliphatic carbocycles. The van der Waals surface area contributed by atoms with Crippen molar-refractivity contribution < 1.29 is 22.3 Å². The molecule has 2 rings (SSSR count). The maximum atomic E-state index is 12.1. The summed E-state index contributed by atoms with van der Waals surface area (Å²) in [5.41, 5.74) is 0.496. The Kier molecular flexibility index (Phi) is 4.89. The molecule has 5 nitrogen and oxygen atoms in total. The van der Waals surface area contributed by atoms with Crippen molar-refractivity contribution >= 4 is 11.8 Å². The summed E-state index contributed by atoms with van der Waals surface area (Å²) in [5, 5.41) is 7.63. The molecule has 0 unspecified atom stereocenters. The lowest BCUT2D eigenvalue weighted by Crippen LogP contribution is -2.12. The van der Waals surface area contributed by atoms with Crippen LogP contribution in [0, 0.1) is 0 Å². The van der Waals surface area contributed by atoms with Gasteiger partial charge in [-0.2, -0.15) is 8.78 Å². The van der Waals surface area contributed by atoms with Gasteiger partial charge in [-0.25, -0.2) is 13.5 Å². The largest absolute Gasteiger partial charge is 0.435 e. The van der Waals surface area contributed by atoms with Crippen molar-refractivity contribution in [2.24, 2.45) is 0 Å². The van der Waals surface area contributed by atoms with E-state index in [1.54, 1.807) is 0 Å². The molecule has 1 aromatic heterocycles. The summed E-state index contributed by atoms with van der Waals surface area (Å²) in [7, 11) is 0. The van der Waals surface area contributed by atoms with Gasteiger partial charge in [0.15, 0.2) is 5.82 Å². The van der Waals surface area contributed by atoms with Gasteiger partial charge in [0.2, 0.25) is 11.6 Å². The minimum absolute atomic E-state index is 0.0101. The van der Waals surface area contributed by atoms with Gasteiger partial charge in [-0.05, 0) is 24.3 Å². The quantitative estimate of drug-likeness (QED) is 0.503. The molecule has 21 heavy (non-hydrogen) atoms. The lowest BCUT2D eigenvalue weighted by molar-refractivity contribution is -0.0498. The Morgan fingerprint density at radius 2 is 1.81 bits per heavy atom. The normalized spacial score (nSPS) is 11.3. The van der Waals surface area contributed by atoms with Crippen molar-refractivity contribution in [3.63, 3.8) is 0 Å². The fourth-order valence-electron chi connectivity index (χ4n) is 1.50. The molecule has 0 radical (unpaired) electrons. The summed E-state index contributed by atoms with van der Waals surface area (Å²) in [5.74, 6) is 5.49. The van der Waals surface area contributed by atoms with Gasteiger partial charge < -0.3 is 10.6 Å². The number of benzene rings is 1. The van der Waals surface area contributed by atoms with Gasteiger partial charge in [0, 0.05) is 5.56 Å². The lowest BCUT2D eigenvalue weighted by Gasteiger charge is -2.06. The van der Waals surface area contributed by atoms with E-state index in [4.69, 9.17) is 5.84 Å². The summed E-state index contributed by atoms with van der Waals surface area (Å²) in [6.45, 7) is -2.91. The molecule has 2 N–H and O–H groups in total. The molecule has 0 amide bonds. The van der Waals surface area contributed by atoms with Crippen LogP contribution in [-0.2, 0) is 0 Å². The van der Waals surface area contributed by atoms with Gasteiger partial charge in [0.05, 0.1) is 5.75 Å². The smallest absolute Gasteiger partial charge is 0.387 e. The predicted molar refractivity (Wildman–Crippen MR) is 69.0 cm³/mol. The number of nitrogen functional groups attached to an aromatic ring is 1. The Labute approximate surface area is 121 Å². The highest BCUT2D eigenvalue weighted by atomic mass is 32.2. The second-order valence-corrected chi connectivity index (χ2v) is 4.77. The van der Waals surface area contributed by atoms with Crippen LogP contribution in [-0.4, -0.2) is 33.7 Å². The van der Waals surface area contributed by atoms with Gasteiger partial charge in [-0.3, -0.25) is 0 Å². The first-order chi connectivity index (χ1) is 9.97. The number of nitrogens with two attached hydrogens (primary N) is 1. The monoisotopic (exact) mass is 322 g/mol. The van der Waals surface area contributed by atoms with E-state index in [2.05, 4.69) is 14.9 Å². The van der Waals surface area contributed by atoms with E-state index in [-0.39, 0.29) is 16.7 Å². The number of halogens is 4. The van der Waals surface area contributed by atoms with Gasteiger partial charge in [0.25, 0.3) is 0 Å². The molecule has 1 heterocycles. The third kappa shape index (κ3) is 4.00. The van der Waals surface area contributed by atoms with Crippen molar-refractivity contribution in [2.75, 3.05) is 11.6 Å². The number of hydrogen-bond donors (Lipinski definition) is 1. The van der Waals surface area contributed by atoms with Crippen LogP contribution in [0.15, 0.2) is 29.4 Å². The van der Waals surface area contributed by atoms with Crippen LogP contribution in [0.3, 0.4) is 0 Å². The SMILES string of the molecule is Nn1c(SCC(F)F)nnc1-c1ccc(OC(F)F)cc1. The minimum atomic E-state index is -2.91. The van der Waals surface area contributed by atoms with Gasteiger partial charge in [-0.1, -0.05) is 11.8 Å². The summed E-state index contributed by atoms with van der Waals surface area (Å²) < 4.78 is 53.6. The first kappa shape index (κ1) is 15.4. The van der Waals surface area contributed by atoms with E-state index in [9.17, 15) is 17.6 Å². The molecule has 2 aromatic rings. The molecule has 0 atom stereocenters. The number of ether oxygens (including phenoxy) is 1. The summed E-state index contributed by atoms with van der Waals surface area (Å²) in [6.07, 6.45) is -2.49. The summed E-state index contributed by atoms with van der Waals surface area (Å²) in [6, 6.07) is 5.57. The number of rotatable bonds is 6. The van der Waals surface area contributed by atoms with Crippen LogP contribution in [0.5, 0.6) is 5.75 Å². The zero-order valence-corrected chi connectivity index (χ0v) is 11.2. The molecule has 114 valence electrons. The zero-order valence-electron chi connectivity index (χ0n) is 10.4. The lowest BCUT2D eigenvalue weighted by atomic mass is 10.2. The molecule has 0 fully saturated rings. The molecule has 0 saturated carbocycles. The predicted octanol–water partition coefficient (Wildman–Crippen LogP) is 2.62. The van der Waals surface area contributed by atoms with Crippen LogP contribution < -0.4 is 10.6 Å². The maximum absolute atomic E-state index is 12.1. The van der Waals surface area contributed by atoms with Crippen LogP contribution in [0.4, 0.5) is 17.6 Å². The highest BCUT2D eigenvalue weighted by Crippen LogP contribution is 2.24. The summed E-state index contributed by atoms with van der Waals surface area (Å²) >= 11 is 0.773. The molecular formula is C11H10F4N4OS. The Hall–Kier alpha value is -1.97. The molecule has 0 bridgehead atoms.